The summed E-state index contributed by atoms with van der Waals surface area (Å²) < 4.78 is 0. The van der Waals surface area contributed by atoms with Crippen molar-refractivity contribution in [2.75, 3.05) is 0 Å². The van der Waals surface area contributed by atoms with E-state index in [1.165, 1.54) is 30.4 Å². The number of hydrogen-bond donors (Lipinski definition) is 1. The van der Waals surface area contributed by atoms with E-state index in [0.717, 1.165) is 18.4 Å². The number of aryl methyl sites for hydroxylation is 1. The molecular formula is C19H24N2O. The molecule has 1 amide bonds. The van der Waals surface area contributed by atoms with Crippen molar-refractivity contribution in [2.24, 2.45) is 0 Å². The molecule has 3 nitrogen and oxygen atoms in total. The predicted molar refractivity (Wildman–Crippen MR) is 88.7 cm³/mol. The highest BCUT2D eigenvalue weighted by Gasteiger charge is 2.26. The summed E-state index contributed by atoms with van der Waals surface area (Å²) >= 11 is 0. The normalized spacial score (nSPS) is 15.7. The number of nitrogens with zero attached hydrogens (tertiary/aromatic N) is 1. The summed E-state index contributed by atoms with van der Waals surface area (Å²) in [4.78, 5) is 18.0. The molecule has 3 heteroatoms. The molecule has 1 N–H and O–H groups in total. The molecule has 116 valence electrons. The van der Waals surface area contributed by atoms with Crippen LogP contribution in [0, 0.1) is 6.92 Å². The lowest BCUT2D eigenvalue weighted by Gasteiger charge is -2.34. The van der Waals surface area contributed by atoms with Gasteiger partial charge in [-0.15, -0.1) is 0 Å². The largest absolute Gasteiger partial charge is 0.367 e. The maximum atomic E-state index is 12.9. The van der Waals surface area contributed by atoms with E-state index >= 15 is 0 Å². The molecule has 1 aromatic carbocycles. The van der Waals surface area contributed by atoms with Crippen LogP contribution in [0.5, 0.6) is 0 Å². The number of H-pyrrole nitrogens is 1. The van der Waals surface area contributed by atoms with Gasteiger partial charge in [0.2, 0.25) is 0 Å². The Morgan fingerprint density at radius 2 is 2.05 bits per heavy atom. The molecule has 1 saturated carbocycles. The Labute approximate surface area is 132 Å². The second-order valence-electron chi connectivity index (χ2n) is 6.31. The summed E-state index contributed by atoms with van der Waals surface area (Å²) in [5.74, 6) is 0.148. The number of carbonyl (C=O) groups excluding carboxylic acids is 1. The van der Waals surface area contributed by atoms with E-state index in [0.29, 0.717) is 12.6 Å². The predicted octanol–water partition coefficient (Wildman–Crippen LogP) is 4.30. The molecule has 0 spiro atoms. The lowest BCUT2D eigenvalue weighted by Crippen LogP contribution is -2.40. The number of rotatable bonds is 4. The minimum absolute atomic E-state index is 0.148. The van der Waals surface area contributed by atoms with Crippen LogP contribution in [0.4, 0.5) is 0 Å². The van der Waals surface area contributed by atoms with Gasteiger partial charge >= 0.3 is 0 Å². The van der Waals surface area contributed by atoms with E-state index in [9.17, 15) is 4.79 Å². The van der Waals surface area contributed by atoms with Gasteiger partial charge in [0.1, 0.15) is 0 Å². The van der Waals surface area contributed by atoms with E-state index in [2.05, 4.69) is 41.1 Å². The van der Waals surface area contributed by atoms with Gasteiger partial charge in [-0.2, -0.15) is 0 Å². The smallest absolute Gasteiger partial charge is 0.255 e. The van der Waals surface area contributed by atoms with Crippen molar-refractivity contribution in [3.05, 3.63) is 59.4 Å². The molecule has 0 radical (unpaired) electrons. The first-order chi connectivity index (χ1) is 10.7. The van der Waals surface area contributed by atoms with Crippen LogP contribution in [0.2, 0.25) is 0 Å². The van der Waals surface area contributed by atoms with Crippen LogP contribution in [0.3, 0.4) is 0 Å². The second kappa shape index (κ2) is 6.82. The Morgan fingerprint density at radius 1 is 1.23 bits per heavy atom. The van der Waals surface area contributed by atoms with Gasteiger partial charge in [-0.25, -0.2) is 0 Å². The number of carbonyl (C=O) groups is 1. The van der Waals surface area contributed by atoms with Gasteiger partial charge in [0.15, 0.2) is 0 Å². The van der Waals surface area contributed by atoms with Crippen molar-refractivity contribution in [3.63, 3.8) is 0 Å². The van der Waals surface area contributed by atoms with Gasteiger partial charge in [-0.1, -0.05) is 49.1 Å². The molecule has 0 saturated heterocycles. The first-order valence-corrected chi connectivity index (χ1v) is 8.23. The van der Waals surface area contributed by atoms with E-state index in [-0.39, 0.29) is 5.91 Å². The van der Waals surface area contributed by atoms with Crippen LogP contribution in [-0.4, -0.2) is 21.8 Å². The van der Waals surface area contributed by atoms with Crippen molar-refractivity contribution in [1.82, 2.24) is 9.88 Å². The lowest BCUT2D eigenvalue weighted by atomic mass is 9.93. The third-order valence-corrected chi connectivity index (χ3v) is 4.56. The highest BCUT2D eigenvalue weighted by atomic mass is 16.2. The van der Waals surface area contributed by atoms with Crippen molar-refractivity contribution in [3.8, 4) is 0 Å². The molecular weight excluding hydrogens is 272 g/mol. The highest BCUT2D eigenvalue weighted by Crippen LogP contribution is 2.25. The number of benzene rings is 1. The Balaban J connectivity index is 1.83. The average molecular weight is 296 g/mol. The fourth-order valence-electron chi connectivity index (χ4n) is 3.39. The molecule has 1 aliphatic carbocycles. The molecule has 0 unspecified atom stereocenters. The Kier molecular flexibility index (Phi) is 4.62. The number of hydrogen-bond acceptors (Lipinski definition) is 1. The van der Waals surface area contributed by atoms with Crippen molar-refractivity contribution < 1.29 is 4.79 Å². The van der Waals surface area contributed by atoms with Gasteiger partial charge in [-0.3, -0.25) is 4.79 Å². The number of nitrogens with one attached hydrogen (secondary N) is 1. The molecule has 1 aliphatic rings. The molecule has 0 aliphatic heterocycles. The van der Waals surface area contributed by atoms with Crippen LogP contribution in [0.1, 0.15) is 53.6 Å². The van der Waals surface area contributed by atoms with Crippen LogP contribution in [0.15, 0.2) is 42.7 Å². The average Bonchev–Trinajstić information content (AvgIpc) is 3.07. The molecule has 0 bridgehead atoms. The van der Waals surface area contributed by atoms with Gasteiger partial charge in [0.25, 0.3) is 5.91 Å². The number of amides is 1. The molecule has 1 heterocycles. The lowest BCUT2D eigenvalue weighted by molar-refractivity contribution is 0.0614. The minimum Gasteiger partial charge on any atom is -0.367 e. The standard InChI is InChI=1S/C19H24N2O/c1-15-6-5-7-16(12-15)14-21(18-8-3-2-4-9-18)19(22)17-10-11-20-13-17/h5-7,10-13,18,20H,2-4,8-9,14H2,1H3. The molecule has 0 atom stereocenters. The van der Waals surface area contributed by atoms with Crippen LogP contribution in [0.25, 0.3) is 0 Å². The van der Waals surface area contributed by atoms with Crippen LogP contribution in [-0.2, 0) is 6.54 Å². The van der Waals surface area contributed by atoms with Crippen LogP contribution < -0.4 is 0 Å². The Bertz CT molecular complexity index is 612. The zero-order valence-electron chi connectivity index (χ0n) is 13.2. The summed E-state index contributed by atoms with van der Waals surface area (Å²) in [5, 5.41) is 0. The number of aromatic amines is 1. The van der Waals surface area contributed by atoms with Crippen molar-refractivity contribution in [2.45, 2.75) is 51.6 Å². The quantitative estimate of drug-likeness (QED) is 0.897. The van der Waals surface area contributed by atoms with Gasteiger partial charge in [0, 0.05) is 25.0 Å². The molecule has 2 aromatic rings. The topological polar surface area (TPSA) is 36.1 Å². The van der Waals surface area contributed by atoms with Gasteiger partial charge in [0.05, 0.1) is 5.56 Å². The summed E-state index contributed by atoms with van der Waals surface area (Å²) in [6.07, 6.45) is 9.63. The summed E-state index contributed by atoms with van der Waals surface area (Å²) in [7, 11) is 0. The Hall–Kier alpha value is -2.03. The fraction of sp³-hybridized carbons (Fsp3) is 0.421. The zero-order valence-corrected chi connectivity index (χ0v) is 13.2. The van der Waals surface area contributed by atoms with Crippen LogP contribution >= 0.6 is 0 Å². The molecule has 1 aromatic heterocycles. The van der Waals surface area contributed by atoms with E-state index < -0.39 is 0 Å². The maximum absolute atomic E-state index is 12.9. The summed E-state index contributed by atoms with van der Waals surface area (Å²) in [5.41, 5.74) is 3.22. The van der Waals surface area contributed by atoms with Crippen molar-refractivity contribution >= 4 is 5.91 Å². The fourth-order valence-corrected chi connectivity index (χ4v) is 3.39. The van der Waals surface area contributed by atoms with E-state index in [1.807, 2.05) is 12.3 Å². The van der Waals surface area contributed by atoms with E-state index in [4.69, 9.17) is 0 Å². The van der Waals surface area contributed by atoms with Gasteiger partial charge in [-0.05, 0) is 31.4 Å². The first kappa shape index (κ1) is 14.9. The SMILES string of the molecule is Cc1cccc(CN(C(=O)c2cc[nH]c2)C2CCCCC2)c1. The minimum atomic E-state index is 0.148. The Morgan fingerprint density at radius 3 is 2.73 bits per heavy atom. The highest BCUT2D eigenvalue weighted by molar-refractivity contribution is 5.94. The third-order valence-electron chi connectivity index (χ3n) is 4.56. The monoisotopic (exact) mass is 296 g/mol. The summed E-state index contributed by atoms with van der Waals surface area (Å²) in [6.45, 7) is 2.80. The number of aromatic nitrogens is 1. The van der Waals surface area contributed by atoms with E-state index in [1.54, 1.807) is 6.20 Å². The first-order valence-electron chi connectivity index (χ1n) is 8.23. The van der Waals surface area contributed by atoms with Gasteiger partial charge < -0.3 is 9.88 Å². The zero-order chi connectivity index (χ0) is 15.4. The van der Waals surface area contributed by atoms with Crippen molar-refractivity contribution in [1.29, 1.82) is 0 Å². The second-order valence-corrected chi connectivity index (χ2v) is 6.31. The molecule has 22 heavy (non-hydrogen) atoms. The maximum Gasteiger partial charge on any atom is 0.255 e. The summed E-state index contributed by atoms with van der Waals surface area (Å²) in [6, 6.07) is 10.7. The third kappa shape index (κ3) is 3.41. The molecule has 3 rings (SSSR count). The molecule has 1 fully saturated rings.